The van der Waals surface area contributed by atoms with Crippen molar-refractivity contribution >= 4 is 52.2 Å². The van der Waals surface area contributed by atoms with Gasteiger partial charge >= 0.3 is 12.4 Å². The number of Topliss-reactive ketones (excluding diaryl/α,β-unsaturated/α-hetero) is 1. The molecule has 0 aliphatic heterocycles. The SMILES string of the molecule is Cc1cc(C2C(C(=O)Nc3ccc(Cl)c(C(=O)CCC(F)(F)F)c3)C2(Cl)Cl)cc(C(F)(F)F)c1F. The van der Waals surface area contributed by atoms with E-state index in [4.69, 9.17) is 34.8 Å². The van der Waals surface area contributed by atoms with E-state index in [9.17, 15) is 40.3 Å². The summed E-state index contributed by atoms with van der Waals surface area (Å²) in [7, 11) is 0. The van der Waals surface area contributed by atoms with Gasteiger partial charge in [-0.05, 0) is 42.3 Å². The first-order valence-electron chi connectivity index (χ1n) is 9.89. The first-order valence-corrected chi connectivity index (χ1v) is 11.0. The van der Waals surface area contributed by atoms with Gasteiger partial charge in [0.2, 0.25) is 5.91 Å². The van der Waals surface area contributed by atoms with E-state index in [1.54, 1.807) is 0 Å². The molecule has 1 aliphatic rings. The van der Waals surface area contributed by atoms with Gasteiger partial charge in [0.1, 0.15) is 10.2 Å². The fourth-order valence-electron chi connectivity index (χ4n) is 3.68. The van der Waals surface area contributed by atoms with Gasteiger partial charge < -0.3 is 5.32 Å². The van der Waals surface area contributed by atoms with E-state index >= 15 is 0 Å². The highest BCUT2D eigenvalue weighted by atomic mass is 35.5. The lowest BCUT2D eigenvalue weighted by Crippen LogP contribution is -2.17. The molecule has 190 valence electrons. The lowest BCUT2D eigenvalue weighted by atomic mass is 10.0. The van der Waals surface area contributed by atoms with Crippen LogP contribution in [-0.2, 0) is 11.0 Å². The molecule has 0 radical (unpaired) electrons. The second kappa shape index (κ2) is 9.44. The largest absolute Gasteiger partial charge is 0.419 e. The quantitative estimate of drug-likeness (QED) is 0.221. The van der Waals surface area contributed by atoms with Gasteiger partial charge in [-0.2, -0.15) is 26.3 Å². The molecule has 3 rings (SSSR count). The number of anilines is 1. The molecule has 0 saturated heterocycles. The first kappa shape index (κ1) is 27.5. The average molecular weight is 565 g/mol. The number of hydrogen-bond acceptors (Lipinski definition) is 2. The van der Waals surface area contributed by atoms with Gasteiger partial charge in [0.15, 0.2) is 5.78 Å². The van der Waals surface area contributed by atoms with Crippen molar-refractivity contribution in [3.05, 3.63) is 63.4 Å². The Balaban J connectivity index is 1.82. The Morgan fingerprint density at radius 2 is 1.69 bits per heavy atom. The van der Waals surface area contributed by atoms with Gasteiger partial charge in [-0.25, -0.2) is 4.39 Å². The maximum atomic E-state index is 14.0. The van der Waals surface area contributed by atoms with E-state index in [0.29, 0.717) is 6.07 Å². The molecular formula is C22H15Cl3F7NO2. The highest BCUT2D eigenvalue weighted by molar-refractivity contribution is 6.53. The maximum absolute atomic E-state index is 14.0. The van der Waals surface area contributed by atoms with Crippen LogP contribution in [0.3, 0.4) is 0 Å². The third-order valence-corrected chi connectivity index (χ3v) is 6.72. The summed E-state index contributed by atoms with van der Waals surface area (Å²) in [5.41, 5.74) is -2.21. The predicted molar refractivity (Wildman–Crippen MR) is 117 cm³/mol. The summed E-state index contributed by atoms with van der Waals surface area (Å²) < 4.78 is 89.0. The molecule has 1 fully saturated rings. The Kier molecular flexibility index (Phi) is 7.43. The van der Waals surface area contributed by atoms with Crippen LogP contribution in [-0.4, -0.2) is 22.2 Å². The molecule has 3 nitrogen and oxygen atoms in total. The number of halogens is 10. The van der Waals surface area contributed by atoms with E-state index in [-0.39, 0.29) is 27.4 Å². The standard InChI is InChI=1S/C22H15Cl3F7NO2/c1-9-6-10(7-13(18(9)26)22(30,31)32)16-17(21(16,24)25)19(35)33-11-2-3-14(23)12(8-11)15(34)4-5-20(27,28)29/h2-3,6-8,16-17H,4-5H2,1H3,(H,33,35). The Morgan fingerprint density at radius 3 is 2.26 bits per heavy atom. The number of hydrogen-bond donors (Lipinski definition) is 1. The molecule has 1 amide bonds. The van der Waals surface area contributed by atoms with Gasteiger partial charge in [-0.15, -0.1) is 23.2 Å². The van der Waals surface area contributed by atoms with Crippen molar-refractivity contribution in [3.63, 3.8) is 0 Å². The van der Waals surface area contributed by atoms with Crippen LogP contribution in [0, 0.1) is 18.7 Å². The fraction of sp³-hybridized carbons (Fsp3) is 0.364. The first-order chi connectivity index (χ1) is 15.9. The highest BCUT2D eigenvalue weighted by Crippen LogP contribution is 2.65. The van der Waals surface area contributed by atoms with E-state index in [1.165, 1.54) is 12.1 Å². The molecule has 2 atom stereocenters. The van der Waals surface area contributed by atoms with Gasteiger partial charge in [0, 0.05) is 23.6 Å². The summed E-state index contributed by atoms with van der Waals surface area (Å²) in [6.45, 7) is 1.13. The van der Waals surface area contributed by atoms with Crippen molar-refractivity contribution in [2.45, 2.75) is 42.4 Å². The van der Waals surface area contributed by atoms with Crippen molar-refractivity contribution in [1.29, 1.82) is 0 Å². The number of ketones is 1. The minimum absolute atomic E-state index is 0.0178. The van der Waals surface area contributed by atoms with Crippen LogP contribution >= 0.6 is 34.8 Å². The number of benzene rings is 2. The fourth-order valence-corrected chi connectivity index (χ4v) is 4.73. The molecule has 1 aliphatic carbocycles. The number of alkyl halides is 8. The third-order valence-electron chi connectivity index (χ3n) is 5.45. The summed E-state index contributed by atoms with van der Waals surface area (Å²) >= 11 is 18.2. The number of nitrogens with one attached hydrogen (secondary N) is 1. The van der Waals surface area contributed by atoms with E-state index < -0.39 is 64.4 Å². The molecule has 35 heavy (non-hydrogen) atoms. The smallest absolute Gasteiger partial charge is 0.326 e. The molecule has 13 heteroatoms. The molecule has 0 bridgehead atoms. The van der Waals surface area contributed by atoms with Crippen molar-refractivity contribution < 1.29 is 40.3 Å². The van der Waals surface area contributed by atoms with Crippen LogP contribution in [0.25, 0.3) is 0 Å². The van der Waals surface area contributed by atoms with Crippen molar-refractivity contribution in [2.75, 3.05) is 5.32 Å². The topological polar surface area (TPSA) is 46.2 Å². The van der Waals surface area contributed by atoms with E-state index in [1.807, 2.05) is 0 Å². The molecule has 0 spiro atoms. The van der Waals surface area contributed by atoms with Gasteiger partial charge in [-0.1, -0.05) is 17.7 Å². The molecule has 2 aromatic carbocycles. The lowest BCUT2D eigenvalue weighted by molar-refractivity contribution is -0.140. The second-order valence-electron chi connectivity index (χ2n) is 8.05. The van der Waals surface area contributed by atoms with Crippen LogP contribution in [0.5, 0.6) is 0 Å². The summed E-state index contributed by atoms with van der Waals surface area (Å²) in [5, 5.41) is 2.25. The number of rotatable bonds is 6. The van der Waals surface area contributed by atoms with E-state index in [2.05, 4.69) is 5.32 Å². The number of aryl methyl sites for hydroxylation is 1. The highest BCUT2D eigenvalue weighted by Gasteiger charge is 2.68. The van der Waals surface area contributed by atoms with Crippen LogP contribution < -0.4 is 5.32 Å². The zero-order valence-electron chi connectivity index (χ0n) is 17.6. The van der Waals surface area contributed by atoms with Crippen molar-refractivity contribution in [3.8, 4) is 0 Å². The van der Waals surface area contributed by atoms with Gasteiger partial charge in [0.25, 0.3) is 0 Å². The molecule has 0 heterocycles. The maximum Gasteiger partial charge on any atom is 0.419 e. The van der Waals surface area contributed by atoms with Crippen molar-refractivity contribution in [2.24, 2.45) is 5.92 Å². The Bertz CT molecular complexity index is 1180. The lowest BCUT2D eigenvalue weighted by Gasteiger charge is -2.13. The Hall–Kier alpha value is -2.04. The van der Waals surface area contributed by atoms with E-state index in [0.717, 1.165) is 19.1 Å². The molecule has 2 aromatic rings. The second-order valence-corrected chi connectivity index (χ2v) is 9.90. The van der Waals surface area contributed by atoms with Gasteiger partial charge in [-0.3, -0.25) is 9.59 Å². The molecular weight excluding hydrogens is 550 g/mol. The molecule has 1 saturated carbocycles. The number of carbonyl (C=O) groups excluding carboxylic acids is 2. The van der Waals surface area contributed by atoms with Crippen LogP contribution in [0.2, 0.25) is 5.02 Å². The van der Waals surface area contributed by atoms with Crippen molar-refractivity contribution in [1.82, 2.24) is 0 Å². The summed E-state index contributed by atoms with van der Waals surface area (Å²) in [5.74, 6) is -5.53. The minimum Gasteiger partial charge on any atom is -0.326 e. The zero-order valence-corrected chi connectivity index (χ0v) is 19.8. The number of carbonyl (C=O) groups is 2. The summed E-state index contributed by atoms with van der Waals surface area (Å²) in [4.78, 5) is 24.9. The van der Waals surface area contributed by atoms with Crippen LogP contribution in [0.15, 0.2) is 30.3 Å². The molecule has 1 N–H and O–H groups in total. The monoisotopic (exact) mass is 563 g/mol. The zero-order chi connectivity index (χ0) is 26.5. The molecule has 2 unspecified atom stereocenters. The Morgan fingerprint density at radius 1 is 1.06 bits per heavy atom. The Labute approximate surface area is 209 Å². The van der Waals surface area contributed by atoms with Crippen LogP contribution in [0.4, 0.5) is 36.4 Å². The van der Waals surface area contributed by atoms with Gasteiger partial charge in [0.05, 0.1) is 22.9 Å². The average Bonchev–Trinajstić information content (AvgIpc) is 3.30. The summed E-state index contributed by atoms with van der Waals surface area (Å²) in [6, 6.07) is 5.19. The molecule has 0 aromatic heterocycles. The summed E-state index contributed by atoms with van der Waals surface area (Å²) in [6.07, 6.45) is -11.8. The minimum atomic E-state index is -4.99. The third kappa shape index (κ3) is 6.03. The number of amides is 1. The van der Waals surface area contributed by atoms with Crippen LogP contribution in [0.1, 0.15) is 45.8 Å². The predicted octanol–water partition coefficient (Wildman–Crippen LogP) is 7.86. The normalized spacial score (nSPS) is 19.4.